The fraction of sp³-hybridized carbons (Fsp3) is 0.714. The lowest BCUT2D eigenvalue weighted by molar-refractivity contribution is -0.152. The third-order valence-electron chi connectivity index (χ3n) is 1.69. The van der Waals surface area contributed by atoms with E-state index in [9.17, 15) is 9.59 Å². The second-order valence-electron chi connectivity index (χ2n) is 3.37. The van der Waals surface area contributed by atoms with E-state index in [1.54, 1.807) is 13.8 Å². The van der Waals surface area contributed by atoms with Gasteiger partial charge in [0, 0.05) is 0 Å². The van der Waals surface area contributed by atoms with Crippen LogP contribution in [-0.4, -0.2) is 35.6 Å². The Hall–Kier alpha value is -0.810. The van der Waals surface area contributed by atoms with Gasteiger partial charge in [0.05, 0.1) is 12.1 Å². The third kappa shape index (κ3) is 2.86. The number of carbonyl (C=O) groups excluding carboxylic acids is 2. The number of nitrogens with two attached hydrogens (primary N) is 1. The van der Waals surface area contributed by atoms with Gasteiger partial charge < -0.3 is 10.5 Å². The van der Waals surface area contributed by atoms with Crippen LogP contribution in [0.4, 0.5) is 4.79 Å². The van der Waals surface area contributed by atoms with Crippen molar-refractivity contribution in [1.29, 1.82) is 0 Å². The number of hydrogen-bond donors (Lipinski definition) is 1. The number of ether oxygens (including phenoxy) is 1. The molecule has 76 valence electrons. The van der Waals surface area contributed by atoms with E-state index in [0.29, 0.717) is 0 Å². The number of urea groups is 1. The molecular weight excluding hydrogens is 196 g/mol. The van der Waals surface area contributed by atoms with Gasteiger partial charge in [0.1, 0.15) is 6.61 Å². The van der Waals surface area contributed by atoms with E-state index in [1.807, 2.05) is 0 Å². The van der Waals surface area contributed by atoms with Crippen LogP contribution in [0.2, 0.25) is 0 Å². The lowest BCUT2D eigenvalue weighted by Crippen LogP contribution is -2.55. The number of primary amides is 1. The fourth-order valence-electron chi connectivity index (χ4n) is 1.05. The minimum absolute atomic E-state index is 0. The maximum absolute atomic E-state index is 11.0. The highest BCUT2D eigenvalue weighted by molar-refractivity contribution is 5.94. The number of rotatable bonds is 0. The highest BCUT2D eigenvalue weighted by Crippen LogP contribution is 2.16. The lowest BCUT2D eigenvalue weighted by Gasteiger charge is -2.35. The summed E-state index contributed by atoms with van der Waals surface area (Å²) in [6, 6.07) is -0.712. The molecule has 1 fully saturated rings. The first-order valence-electron chi connectivity index (χ1n) is 3.66. The number of nitrogens with zero attached hydrogens (tertiary/aromatic N) is 1. The first-order valence-corrected chi connectivity index (χ1v) is 3.66. The van der Waals surface area contributed by atoms with Crippen molar-refractivity contribution in [3.05, 3.63) is 0 Å². The molecule has 1 aliphatic heterocycles. The van der Waals surface area contributed by atoms with Crippen LogP contribution in [-0.2, 0) is 9.53 Å². The summed E-state index contributed by atoms with van der Waals surface area (Å²) in [6.07, 6.45) is 0. The molecule has 1 heterocycles. The molecular formula is C7H13ClN2O3. The summed E-state index contributed by atoms with van der Waals surface area (Å²) < 4.78 is 5.16. The Kier molecular flexibility index (Phi) is 3.69. The average Bonchev–Trinajstić information content (AvgIpc) is 1.94. The van der Waals surface area contributed by atoms with Crippen molar-refractivity contribution in [2.75, 3.05) is 13.2 Å². The molecule has 0 radical (unpaired) electrons. The predicted molar refractivity (Wildman–Crippen MR) is 48.6 cm³/mol. The van der Waals surface area contributed by atoms with E-state index in [1.165, 1.54) is 0 Å². The van der Waals surface area contributed by atoms with Gasteiger partial charge in [-0.05, 0) is 13.8 Å². The molecule has 3 amide bonds. The van der Waals surface area contributed by atoms with Gasteiger partial charge in [0.25, 0.3) is 5.91 Å². The second kappa shape index (κ2) is 3.93. The van der Waals surface area contributed by atoms with E-state index in [4.69, 9.17) is 10.5 Å². The van der Waals surface area contributed by atoms with Gasteiger partial charge in [0.2, 0.25) is 0 Å². The summed E-state index contributed by atoms with van der Waals surface area (Å²) in [5.74, 6) is -0.373. The second-order valence-corrected chi connectivity index (χ2v) is 3.37. The van der Waals surface area contributed by atoms with E-state index in [0.717, 1.165) is 4.90 Å². The summed E-state index contributed by atoms with van der Waals surface area (Å²) >= 11 is 0. The Morgan fingerprint density at radius 2 is 2.15 bits per heavy atom. The summed E-state index contributed by atoms with van der Waals surface area (Å²) in [5.41, 5.74) is 4.51. The smallest absolute Gasteiger partial charge is 0.321 e. The zero-order valence-electron chi connectivity index (χ0n) is 7.57. The SMILES string of the molecule is CC1(C)CN(C(N)=O)C(=O)CO1.Cl. The predicted octanol–water partition coefficient (Wildman–Crippen LogP) is 0.124. The van der Waals surface area contributed by atoms with Crippen LogP contribution in [0.3, 0.4) is 0 Å². The molecule has 0 bridgehead atoms. The monoisotopic (exact) mass is 208 g/mol. The minimum Gasteiger partial charge on any atom is -0.364 e. The number of halogens is 1. The molecule has 0 atom stereocenters. The van der Waals surface area contributed by atoms with Gasteiger partial charge in [0.15, 0.2) is 0 Å². The highest BCUT2D eigenvalue weighted by Gasteiger charge is 2.34. The van der Waals surface area contributed by atoms with Gasteiger partial charge in [-0.3, -0.25) is 9.69 Å². The van der Waals surface area contributed by atoms with Crippen molar-refractivity contribution < 1.29 is 14.3 Å². The highest BCUT2D eigenvalue weighted by atomic mass is 35.5. The topological polar surface area (TPSA) is 72.6 Å². The van der Waals surface area contributed by atoms with Crippen molar-refractivity contribution in [3.63, 3.8) is 0 Å². The van der Waals surface area contributed by atoms with Crippen molar-refractivity contribution in [3.8, 4) is 0 Å². The lowest BCUT2D eigenvalue weighted by atomic mass is 10.1. The molecule has 0 saturated carbocycles. The van der Waals surface area contributed by atoms with Crippen molar-refractivity contribution in [1.82, 2.24) is 4.90 Å². The van der Waals surface area contributed by atoms with Gasteiger partial charge in [-0.15, -0.1) is 12.4 Å². The molecule has 1 aliphatic rings. The number of carbonyl (C=O) groups is 2. The molecule has 2 N–H and O–H groups in total. The summed E-state index contributed by atoms with van der Waals surface area (Å²) in [7, 11) is 0. The van der Waals surface area contributed by atoms with Crippen LogP contribution in [0.25, 0.3) is 0 Å². The first-order chi connectivity index (χ1) is 5.42. The standard InChI is InChI=1S/C7H12N2O3.ClH/c1-7(2)4-9(6(8)11)5(10)3-12-7;/h3-4H2,1-2H3,(H2,8,11);1H. The fourth-order valence-corrected chi connectivity index (χ4v) is 1.05. The van der Waals surface area contributed by atoms with Crippen LogP contribution in [0, 0.1) is 0 Å². The van der Waals surface area contributed by atoms with Crippen LogP contribution in [0.15, 0.2) is 0 Å². The summed E-state index contributed by atoms with van der Waals surface area (Å²) in [4.78, 5) is 22.8. The molecule has 0 aromatic rings. The Balaban J connectivity index is 0.00000144. The first kappa shape index (κ1) is 12.2. The van der Waals surface area contributed by atoms with Gasteiger partial charge in [-0.25, -0.2) is 4.79 Å². The Labute approximate surface area is 82.6 Å². The Morgan fingerprint density at radius 1 is 1.62 bits per heavy atom. The zero-order chi connectivity index (χ0) is 9.35. The molecule has 13 heavy (non-hydrogen) atoms. The number of amides is 3. The number of morpholine rings is 1. The van der Waals surface area contributed by atoms with Gasteiger partial charge in [-0.1, -0.05) is 0 Å². The minimum atomic E-state index is -0.712. The van der Waals surface area contributed by atoms with Crippen LogP contribution >= 0.6 is 12.4 Å². The summed E-state index contributed by atoms with van der Waals surface area (Å²) in [6.45, 7) is 3.75. The van der Waals surface area contributed by atoms with E-state index in [2.05, 4.69) is 0 Å². The van der Waals surface area contributed by atoms with Crippen molar-refractivity contribution in [2.45, 2.75) is 19.4 Å². The van der Waals surface area contributed by atoms with Crippen LogP contribution in [0.1, 0.15) is 13.8 Å². The van der Waals surface area contributed by atoms with Gasteiger partial charge in [-0.2, -0.15) is 0 Å². The third-order valence-corrected chi connectivity index (χ3v) is 1.69. The van der Waals surface area contributed by atoms with E-state index >= 15 is 0 Å². The molecule has 5 nitrogen and oxygen atoms in total. The molecule has 0 aromatic heterocycles. The Bertz CT molecular complexity index is 230. The largest absolute Gasteiger partial charge is 0.364 e. The summed E-state index contributed by atoms with van der Waals surface area (Å²) in [5, 5.41) is 0. The maximum Gasteiger partial charge on any atom is 0.321 e. The van der Waals surface area contributed by atoms with Crippen molar-refractivity contribution in [2.24, 2.45) is 5.73 Å². The molecule has 0 aliphatic carbocycles. The van der Waals surface area contributed by atoms with E-state index < -0.39 is 11.6 Å². The molecule has 1 rings (SSSR count). The molecule has 1 saturated heterocycles. The number of hydrogen-bond acceptors (Lipinski definition) is 3. The zero-order valence-corrected chi connectivity index (χ0v) is 8.39. The number of imide groups is 1. The van der Waals surface area contributed by atoms with Gasteiger partial charge >= 0.3 is 6.03 Å². The van der Waals surface area contributed by atoms with Crippen LogP contribution in [0.5, 0.6) is 0 Å². The quantitative estimate of drug-likeness (QED) is 0.615. The normalized spacial score (nSPS) is 20.8. The van der Waals surface area contributed by atoms with Crippen LogP contribution < -0.4 is 5.73 Å². The van der Waals surface area contributed by atoms with Crippen molar-refractivity contribution >= 4 is 24.3 Å². The molecule has 0 unspecified atom stereocenters. The molecule has 0 spiro atoms. The Morgan fingerprint density at radius 3 is 2.54 bits per heavy atom. The molecule has 0 aromatic carbocycles. The average molecular weight is 209 g/mol. The maximum atomic E-state index is 11.0. The molecule has 6 heteroatoms. The van der Waals surface area contributed by atoms with E-state index in [-0.39, 0.29) is 31.5 Å².